The highest BCUT2D eigenvalue weighted by Crippen LogP contribution is 2.15. The second-order valence-corrected chi connectivity index (χ2v) is 5.90. The summed E-state index contributed by atoms with van der Waals surface area (Å²) in [7, 11) is 0. The van der Waals surface area contributed by atoms with Crippen LogP contribution in [-0.4, -0.2) is 17.9 Å². The molecule has 0 radical (unpaired) electrons. The van der Waals surface area contributed by atoms with Crippen molar-refractivity contribution in [3.05, 3.63) is 70.5 Å². The van der Waals surface area contributed by atoms with E-state index in [0.717, 1.165) is 16.7 Å². The Morgan fingerprint density at radius 3 is 2.21 bits per heavy atom. The molecule has 0 saturated heterocycles. The molecule has 3 N–H and O–H groups in total. The van der Waals surface area contributed by atoms with Crippen LogP contribution in [0.15, 0.2) is 42.5 Å². The van der Waals surface area contributed by atoms with E-state index in [0.29, 0.717) is 12.0 Å². The van der Waals surface area contributed by atoms with Gasteiger partial charge in [-0.05, 0) is 48.2 Å². The first-order chi connectivity index (χ1) is 11.4. The summed E-state index contributed by atoms with van der Waals surface area (Å²) in [6, 6.07) is 10.8. The van der Waals surface area contributed by atoms with Gasteiger partial charge in [-0.1, -0.05) is 30.3 Å². The molecule has 0 fully saturated rings. The van der Waals surface area contributed by atoms with Gasteiger partial charge in [0.2, 0.25) is 11.8 Å². The summed E-state index contributed by atoms with van der Waals surface area (Å²) in [4.78, 5) is 23.9. The average molecular weight is 328 g/mol. The number of rotatable bonds is 6. The van der Waals surface area contributed by atoms with Crippen molar-refractivity contribution in [3.8, 4) is 0 Å². The van der Waals surface area contributed by atoms with Crippen molar-refractivity contribution in [1.82, 2.24) is 5.32 Å². The van der Waals surface area contributed by atoms with Crippen molar-refractivity contribution in [3.63, 3.8) is 0 Å². The zero-order valence-electron chi connectivity index (χ0n) is 13.8. The molecule has 2 rings (SSSR count). The van der Waals surface area contributed by atoms with Crippen molar-refractivity contribution in [2.24, 2.45) is 5.73 Å². The average Bonchev–Trinajstić information content (AvgIpc) is 2.52. The van der Waals surface area contributed by atoms with Crippen LogP contribution in [0.4, 0.5) is 4.39 Å². The van der Waals surface area contributed by atoms with Gasteiger partial charge in [0.15, 0.2) is 0 Å². The minimum absolute atomic E-state index is 0.0663. The van der Waals surface area contributed by atoms with E-state index in [1.165, 1.54) is 12.1 Å². The first kappa shape index (κ1) is 17.7. The van der Waals surface area contributed by atoms with E-state index >= 15 is 0 Å². The molecule has 0 bridgehead atoms. The summed E-state index contributed by atoms with van der Waals surface area (Å²) in [6.45, 7) is 3.92. The number of nitrogens with one attached hydrogen (secondary N) is 1. The number of benzene rings is 2. The monoisotopic (exact) mass is 328 g/mol. The molecule has 1 atom stereocenters. The predicted molar refractivity (Wildman–Crippen MR) is 90.8 cm³/mol. The Morgan fingerprint density at radius 1 is 1.08 bits per heavy atom. The zero-order chi connectivity index (χ0) is 17.7. The third-order valence-electron chi connectivity index (χ3n) is 4.01. The molecule has 0 aliphatic heterocycles. The quantitative estimate of drug-likeness (QED) is 0.853. The molecule has 0 aliphatic carbocycles. The number of carbonyl (C=O) groups excluding carboxylic acids is 2. The normalized spacial score (nSPS) is 11.8. The fourth-order valence-electron chi connectivity index (χ4n) is 2.63. The number of halogens is 1. The molecule has 0 saturated carbocycles. The molecule has 0 aliphatic rings. The number of hydrogen-bond donors (Lipinski definition) is 2. The minimum atomic E-state index is -0.780. The largest absolute Gasteiger partial charge is 0.368 e. The first-order valence-corrected chi connectivity index (χ1v) is 7.75. The van der Waals surface area contributed by atoms with Crippen LogP contribution in [0.5, 0.6) is 0 Å². The molecular formula is C19H21FN2O2. The smallest absolute Gasteiger partial charge is 0.240 e. The van der Waals surface area contributed by atoms with Gasteiger partial charge in [-0.25, -0.2) is 4.39 Å². The second kappa shape index (κ2) is 7.73. The zero-order valence-corrected chi connectivity index (χ0v) is 13.8. The highest BCUT2D eigenvalue weighted by molar-refractivity contribution is 5.87. The Hall–Kier alpha value is -2.69. The van der Waals surface area contributed by atoms with Crippen LogP contribution in [0.3, 0.4) is 0 Å². The lowest BCUT2D eigenvalue weighted by Gasteiger charge is -2.18. The molecule has 0 unspecified atom stereocenters. The van der Waals surface area contributed by atoms with Crippen LogP contribution < -0.4 is 11.1 Å². The Labute approximate surface area is 140 Å². The van der Waals surface area contributed by atoms with Crippen molar-refractivity contribution in [2.75, 3.05) is 0 Å². The van der Waals surface area contributed by atoms with Crippen LogP contribution in [0.25, 0.3) is 0 Å². The van der Waals surface area contributed by atoms with Crippen LogP contribution in [0.1, 0.15) is 22.3 Å². The lowest BCUT2D eigenvalue weighted by Crippen LogP contribution is -2.46. The number of nitrogens with two attached hydrogens (primary N) is 1. The summed E-state index contributed by atoms with van der Waals surface area (Å²) in [6.07, 6.45) is 0.416. The maximum Gasteiger partial charge on any atom is 0.240 e. The first-order valence-electron chi connectivity index (χ1n) is 7.75. The molecule has 2 aromatic carbocycles. The molecule has 0 heterocycles. The van der Waals surface area contributed by atoms with Gasteiger partial charge in [0.1, 0.15) is 11.9 Å². The van der Waals surface area contributed by atoms with Gasteiger partial charge in [-0.3, -0.25) is 9.59 Å². The van der Waals surface area contributed by atoms with E-state index in [1.54, 1.807) is 12.1 Å². The van der Waals surface area contributed by atoms with Gasteiger partial charge in [-0.15, -0.1) is 0 Å². The van der Waals surface area contributed by atoms with Gasteiger partial charge < -0.3 is 11.1 Å². The number of carbonyl (C=O) groups is 2. The number of aryl methyl sites for hydroxylation is 2. The molecule has 126 valence electrons. The maximum absolute atomic E-state index is 12.9. The molecule has 0 spiro atoms. The Morgan fingerprint density at radius 2 is 1.67 bits per heavy atom. The van der Waals surface area contributed by atoms with Gasteiger partial charge in [0.25, 0.3) is 0 Å². The molecule has 2 amide bonds. The molecule has 4 nitrogen and oxygen atoms in total. The summed E-state index contributed by atoms with van der Waals surface area (Å²) in [5.74, 6) is -1.26. The van der Waals surface area contributed by atoms with Crippen LogP contribution in [-0.2, 0) is 22.4 Å². The number of amides is 2. The highest BCUT2D eigenvalue weighted by atomic mass is 19.1. The van der Waals surface area contributed by atoms with E-state index in [4.69, 9.17) is 5.73 Å². The highest BCUT2D eigenvalue weighted by Gasteiger charge is 2.20. The maximum atomic E-state index is 12.9. The third-order valence-corrected chi connectivity index (χ3v) is 4.01. The van der Waals surface area contributed by atoms with Gasteiger partial charge >= 0.3 is 0 Å². The van der Waals surface area contributed by atoms with Crippen molar-refractivity contribution in [2.45, 2.75) is 32.7 Å². The Kier molecular flexibility index (Phi) is 5.68. The standard InChI is InChI=1S/C19H21FN2O2/c1-12-4-3-5-13(2)16(12)11-17(19(21)24)22-18(23)10-14-6-8-15(20)9-7-14/h3-9,17H,10-11H2,1-2H3,(H2,21,24)(H,22,23)/t17-/m0/s1. The van der Waals surface area contributed by atoms with Crippen molar-refractivity contribution >= 4 is 11.8 Å². The Bertz CT molecular complexity index is 721. The molecular weight excluding hydrogens is 307 g/mol. The van der Waals surface area contributed by atoms with E-state index in [2.05, 4.69) is 5.32 Å². The van der Waals surface area contributed by atoms with Crippen LogP contribution in [0.2, 0.25) is 0 Å². The lowest BCUT2D eigenvalue weighted by molar-refractivity contribution is -0.127. The Balaban J connectivity index is 2.07. The van der Waals surface area contributed by atoms with Crippen molar-refractivity contribution < 1.29 is 14.0 Å². The molecule has 2 aromatic rings. The van der Waals surface area contributed by atoms with E-state index in [9.17, 15) is 14.0 Å². The minimum Gasteiger partial charge on any atom is -0.368 e. The van der Waals surface area contributed by atoms with Gasteiger partial charge in [0.05, 0.1) is 6.42 Å². The van der Waals surface area contributed by atoms with E-state index < -0.39 is 11.9 Å². The van der Waals surface area contributed by atoms with Gasteiger partial charge in [0, 0.05) is 6.42 Å². The number of primary amides is 1. The summed E-state index contributed by atoms with van der Waals surface area (Å²) < 4.78 is 12.9. The lowest BCUT2D eigenvalue weighted by atomic mass is 9.96. The number of hydrogen-bond acceptors (Lipinski definition) is 2. The van der Waals surface area contributed by atoms with E-state index in [-0.39, 0.29) is 18.1 Å². The van der Waals surface area contributed by atoms with Crippen LogP contribution in [0, 0.1) is 19.7 Å². The predicted octanol–water partition coefficient (Wildman–Crippen LogP) is 2.20. The molecule has 24 heavy (non-hydrogen) atoms. The SMILES string of the molecule is Cc1cccc(C)c1C[C@H](NC(=O)Cc1ccc(F)cc1)C(N)=O. The van der Waals surface area contributed by atoms with Gasteiger partial charge in [-0.2, -0.15) is 0 Å². The summed E-state index contributed by atoms with van der Waals surface area (Å²) in [5.41, 5.74) is 9.22. The fraction of sp³-hybridized carbons (Fsp3) is 0.263. The third kappa shape index (κ3) is 4.65. The second-order valence-electron chi connectivity index (χ2n) is 5.90. The summed E-state index contributed by atoms with van der Waals surface area (Å²) in [5, 5.41) is 2.68. The fourth-order valence-corrected chi connectivity index (χ4v) is 2.63. The van der Waals surface area contributed by atoms with Crippen molar-refractivity contribution in [1.29, 1.82) is 0 Å². The summed E-state index contributed by atoms with van der Waals surface area (Å²) >= 11 is 0. The molecule has 0 aromatic heterocycles. The molecule has 5 heteroatoms. The van der Waals surface area contributed by atoms with E-state index in [1.807, 2.05) is 32.0 Å². The van der Waals surface area contributed by atoms with Crippen LogP contribution >= 0.6 is 0 Å². The topological polar surface area (TPSA) is 72.2 Å².